The van der Waals surface area contributed by atoms with E-state index >= 15 is 0 Å². The highest BCUT2D eigenvalue weighted by Crippen LogP contribution is 2.65. The number of nitrogens with one attached hydrogen (secondary N) is 1. The van der Waals surface area contributed by atoms with Crippen molar-refractivity contribution in [3.05, 3.63) is 35.4 Å². The van der Waals surface area contributed by atoms with Gasteiger partial charge in [0.1, 0.15) is 0 Å². The topological polar surface area (TPSA) is 12.0 Å². The van der Waals surface area contributed by atoms with E-state index in [4.69, 9.17) is 0 Å². The lowest BCUT2D eigenvalue weighted by Gasteiger charge is -2.39. The van der Waals surface area contributed by atoms with Crippen LogP contribution in [-0.2, 0) is 6.54 Å². The van der Waals surface area contributed by atoms with Gasteiger partial charge in [-0.2, -0.15) is 0 Å². The fraction of sp³-hybridized carbons (Fsp3) is 0.667. The Morgan fingerprint density at radius 1 is 1.19 bits per heavy atom. The first-order valence-electron chi connectivity index (χ1n) is 7.95. The Kier molecular flexibility index (Phi) is 3.59. The second kappa shape index (κ2) is 5.05. The van der Waals surface area contributed by atoms with Crippen molar-refractivity contribution in [1.82, 2.24) is 5.32 Å². The van der Waals surface area contributed by atoms with Crippen molar-refractivity contribution in [3.63, 3.8) is 0 Å². The number of hydrogen-bond acceptors (Lipinski definition) is 1. The molecular formula is C18H25F2N. The Morgan fingerprint density at radius 2 is 1.86 bits per heavy atom. The van der Waals surface area contributed by atoms with Gasteiger partial charge in [0.25, 0.3) is 6.43 Å². The molecule has 0 aliphatic heterocycles. The number of benzene rings is 1. The first-order valence-corrected chi connectivity index (χ1v) is 7.95. The van der Waals surface area contributed by atoms with Gasteiger partial charge in [-0.05, 0) is 41.6 Å². The maximum Gasteiger partial charge on any atom is 0.263 e. The third-order valence-electron chi connectivity index (χ3n) is 6.58. The van der Waals surface area contributed by atoms with Gasteiger partial charge in [0, 0.05) is 18.2 Å². The number of rotatable bonds is 4. The smallest absolute Gasteiger partial charge is 0.263 e. The molecule has 0 saturated heterocycles. The van der Waals surface area contributed by atoms with Crippen molar-refractivity contribution in [2.75, 3.05) is 0 Å². The number of alkyl halides is 2. The summed E-state index contributed by atoms with van der Waals surface area (Å²) in [6, 6.07) is 7.24. The number of fused-ring (bicyclic) bond motifs is 2. The summed E-state index contributed by atoms with van der Waals surface area (Å²) < 4.78 is 25.1. The lowest BCUT2D eigenvalue weighted by atomic mass is 9.69. The average molecular weight is 293 g/mol. The zero-order valence-corrected chi connectivity index (χ0v) is 13.1. The van der Waals surface area contributed by atoms with Crippen LogP contribution in [0.5, 0.6) is 0 Å². The second-order valence-electron chi connectivity index (χ2n) is 7.59. The zero-order chi connectivity index (χ0) is 15.3. The monoisotopic (exact) mass is 293 g/mol. The third-order valence-corrected chi connectivity index (χ3v) is 6.58. The molecule has 1 aromatic carbocycles. The molecule has 116 valence electrons. The lowest BCUT2D eigenvalue weighted by Crippen LogP contribution is -2.44. The summed E-state index contributed by atoms with van der Waals surface area (Å²) in [7, 11) is 0. The minimum atomic E-state index is -2.38. The Balaban J connectivity index is 1.64. The van der Waals surface area contributed by atoms with Gasteiger partial charge in [0.2, 0.25) is 0 Å². The van der Waals surface area contributed by atoms with Gasteiger partial charge >= 0.3 is 0 Å². The van der Waals surface area contributed by atoms with Gasteiger partial charge in [-0.3, -0.25) is 0 Å². The SMILES string of the molecule is CC1(C)C2CCC1(C)C(NCc1ccc(C(F)F)cc1)C2. The van der Waals surface area contributed by atoms with E-state index in [2.05, 4.69) is 26.1 Å². The Morgan fingerprint density at radius 3 is 2.33 bits per heavy atom. The molecule has 2 bridgehead atoms. The quantitative estimate of drug-likeness (QED) is 0.830. The molecule has 0 aromatic heterocycles. The molecule has 3 unspecified atom stereocenters. The van der Waals surface area contributed by atoms with E-state index in [9.17, 15) is 8.78 Å². The van der Waals surface area contributed by atoms with E-state index in [0.29, 0.717) is 16.9 Å². The van der Waals surface area contributed by atoms with Gasteiger partial charge in [0.05, 0.1) is 0 Å². The van der Waals surface area contributed by atoms with Crippen molar-refractivity contribution in [2.45, 2.75) is 59.0 Å². The maximum atomic E-state index is 12.6. The molecule has 1 N–H and O–H groups in total. The van der Waals surface area contributed by atoms with Gasteiger partial charge in [0.15, 0.2) is 0 Å². The van der Waals surface area contributed by atoms with Crippen molar-refractivity contribution < 1.29 is 8.78 Å². The predicted molar refractivity (Wildman–Crippen MR) is 81.3 cm³/mol. The van der Waals surface area contributed by atoms with Crippen molar-refractivity contribution in [2.24, 2.45) is 16.7 Å². The normalized spacial score (nSPS) is 33.8. The fourth-order valence-electron chi connectivity index (χ4n) is 4.53. The molecular weight excluding hydrogens is 268 g/mol. The molecule has 2 fully saturated rings. The van der Waals surface area contributed by atoms with Gasteiger partial charge in [-0.25, -0.2) is 8.78 Å². The minimum Gasteiger partial charge on any atom is -0.309 e. The highest BCUT2D eigenvalue weighted by Gasteiger charge is 2.60. The van der Waals surface area contributed by atoms with Gasteiger partial charge < -0.3 is 5.32 Å². The molecule has 0 radical (unpaired) electrons. The third kappa shape index (κ3) is 2.30. The van der Waals surface area contributed by atoms with Crippen LogP contribution in [0.4, 0.5) is 8.78 Å². The molecule has 0 spiro atoms. The van der Waals surface area contributed by atoms with Crippen LogP contribution in [0, 0.1) is 16.7 Å². The summed E-state index contributed by atoms with van der Waals surface area (Å²) >= 11 is 0. The fourth-order valence-corrected chi connectivity index (χ4v) is 4.53. The first-order chi connectivity index (χ1) is 9.84. The van der Waals surface area contributed by atoms with Crippen LogP contribution in [-0.4, -0.2) is 6.04 Å². The van der Waals surface area contributed by atoms with Crippen molar-refractivity contribution >= 4 is 0 Å². The zero-order valence-electron chi connectivity index (χ0n) is 13.1. The van der Waals surface area contributed by atoms with Crippen LogP contribution in [0.25, 0.3) is 0 Å². The Bertz CT molecular complexity index is 508. The van der Waals surface area contributed by atoms with Crippen LogP contribution in [0.15, 0.2) is 24.3 Å². The number of halogens is 2. The van der Waals surface area contributed by atoms with Crippen LogP contribution >= 0.6 is 0 Å². The minimum absolute atomic E-state index is 0.103. The van der Waals surface area contributed by atoms with Crippen LogP contribution < -0.4 is 5.32 Å². The van der Waals surface area contributed by atoms with E-state index in [0.717, 1.165) is 18.0 Å². The summed E-state index contributed by atoms with van der Waals surface area (Å²) in [5, 5.41) is 3.69. The van der Waals surface area contributed by atoms with E-state index in [1.165, 1.54) is 31.4 Å². The molecule has 0 amide bonds. The van der Waals surface area contributed by atoms with Crippen LogP contribution in [0.1, 0.15) is 57.6 Å². The first kappa shape index (κ1) is 15.0. The van der Waals surface area contributed by atoms with Gasteiger partial charge in [-0.15, -0.1) is 0 Å². The molecule has 3 rings (SSSR count). The summed E-state index contributed by atoms with van der Waals surface area (Å²) in [5.41, 5.74) is 1.96. The van der Waals surface area contributed by atoms with E-state index in [1.54, 1.807) is 0 Å². The van der Waals surface area contributed by atoms with Crippen molar-refractivity contribution in [3.8, 4) is 0 Å². The lowest BCUT2D eigenvalue weighted by molar-refractivity contribution is 0.120. The maximum absolute atomic E-state index is 12.6. The van der Waals surface area contributed by atoms with Crippen molar-refractivity contribution in [1.29, 1.82) is 0 Å². The molecule has 2 aliphatic rings. The summed E-state index contributed by atoms with van der Waals surface area (Å²) in [4.78, 5) is 0. The predicted octanol–water partition coefficient (Wildman–Crippen LogP) is 4.93. The van der Waals surface area contributed by atoms with E-state index in [-0.39, 0.29) is 5.56 Å². The molecule has 3 heteroatoms. The van der Waals surface area contributed by atoms with E-state index < -0.39 is 6.43 Å². The summed E-state index contributed by atoms with van der Waals surface area (Å²) in [6.07, 6.45) is 1.52. The molecule has 21 heavy (non-hydrogen) atoms. The summed E-state index contributed by atoms with van der Waals surface area (Å²) in [6.45, 7) is 8.00. The molecule has 2 saturated carbocycles. The molecule has 3 atom stereocenters. The molecule has 1 aromatic rings. The number of hydrogen-bond donors (Lipinski definition) is 1. The molecule has 0 heterocycles. The van der Waals surface area contributed by atoms with Crippen LogP contribution in [0.3, 0.4) is 0 Å². The standard InChI is InChI=1S/C18H25F2N/c1-17(2)14-8-9-18(17,3)15(10-14)21-11-12-4-6-13(7-5-12)16(19)20/h4-7,14-16,21H,8-11H2,1-3H3. The molecule has 2 aliphatic carbocycles. The second-order valence-corrected chi connectivity index (χ2v) is 7.59. The Hall–Kier alpha value is -0.960. The Labute approximate surface area is 126 Å². The summed E-state index contributed by atoms with van der Waals surface area (Å²) in [5.74, 6) is 0.821. The molecule has 1 nitrogen and oxygen atoms in total. The highest BCUT2D eigenvalue weighted by molar-refractivity contribution is 5.23. The van der Waals surface area contributed by atoms with E-state index in [1.807, 2.05) is 12.1 Å². The highest BCUT2D eigenvalue weighted by atomic mass is 19.3. The van der Waals surface area contributed by atoms with Gasteiger partial charge in [-0.1, -0.05) is 45.0 Å². The largest absolute Gasteiger partial charge is 0.309 e. The average Bonchev–Trinajstić information content (AvgIpc) is 2.78. The van der Waals surface area contributed by atoms with Crippen LogP contribution in [0.2, 0.25) is 0 Å².